The Bertz CT molecular complexity index is 236. The maximum Gasteiger partial charge on any atom is 0.164 e. The quantitative estimate of drug-likeness (QED) is 0.625. The van der Waals surface area contributed by atoms with Gasteiger partial charge in [-0.05, 0) is 18.4 Å². The predicted molar refractivity (Wildman–Crippen MR) is 52.1 cm³/mol. The molecular weight excluding hydrogens is 172 g/mol. The van der Waals surface area contributed by atoms with Crippen LogP contribution >= 0.6 is 11.6 Å². The van der Waals surface area contributed by atoms with E-state index in [1.165, 1.54) is 0 Å². The normalized spacial score (nSPS) is 30.2. The van der Waals surface area contributed by atoms with Crippen LogP contribution in [0.3, 0.4) is 0 Å². The zero-order valence-corrected chi connectivity index (χ0v) is 8.52. The molecule has 12 heavy (non-hydrogen) atoms. The molecule has 0 radical (unpaired) electrons. The topological polar surface area (TPSA) is 20.2 Å². The molecule has 1 unspecified atom stereocenters. The Labute approximate surface area is 78.7 Å². The van der Waals surface area contributed by atoms with E-state index in [9.17, 15) is 5.11 Å². The van der Waals surface area contributed by atoms with Gasteiger partial charge in [0.15, 0.2) is 5.06 Å². The Hall–Kier alpha value is -0.270. The van der Waals surface area contributed by atoms with E-state index < -0.39 is 5.06 Å². The molecule has 1 nitrogen and oxygen atoms in total. The van der Waals surface area contributed by atoms with Gasteiger partial charge in [-0.2, -0.15) is 0 Å². The molecule has 1 N–H and O–H groups in total. The number of halogens is 1. The van der Waals surface area contributed by atoms with Crippen LogP contribution in [0.15, 0.2) is 23.3 Å². The average molecular weight is 187 g/mol. The number of hydrogen-bond donors (Lipinski definition) is 1. The van der Waals surface area contributed by atoms with Gasteiger partial charge in [0.05, 0.1) is 0 Å². The molecule has 1 aliphatic carbocycles. The van der Waals surface area contributed by atoms with Crippen molar-refractivity contribution in [3.8, 4) is 0 Å². The smallest absolute Gasteiger partial charge is 0.164 e. The van der Waals surface area contributed by atoms with Crippen LogP contribution in [-0.4, -0.2) is 10.2 Å². The van der Waals surface area contributed by atoms with Crippen molar-refractivity contribution in [1.82, 2.24) is 0 Å². The minimum atomic E-state index is -1.15. The maximum atomic E-state index is 9.83. The zero-order valence-electron chi connectivity index (χ0n) is 7.76. The van der Waals surface area contributed by atoms with Gasteiger partial charge in [-0.3, -0.25) is 0 Å². The fourth-order valence-corrected chi connectivity index (χ4v) is 2.02. The Morgan fingerprint density at radius 3 is 2.50 bits per heavy atom. The molecule has 0 amide bonds. The lowest BCUT2D eigenvalue weighted by atomic mass is 9.89. The summed E-state index contributed by atoms with van der Waals surface area (Å²) in [5.74, 6) is 0.303. The van der Waals surface area contributed by atoms with Crippen LogP contribution in [0.4, 0.5) is 0 Å². The molecule has 0 aromatic heterocycles. The van der Waals surface area contributed by atoms with Crippen molar-refractivity contribution in [3.05, 3.63) is 23.3 Å². The molecule has 0 aromatic rings. The minimum Gasteiger partial charge on any atom is -0.371 e. The number of allylic oxidation sites excluding steroid dienone is 2. The van der Waals surface area contributed by atoms with Gasteiger partial charge in [0, 0.05) is 6.42 Å². The molecule has 1 atom stereocenters. The third-order valence-electron chi connectivity index (χ3n) is 2.12. The van der Waals surface area contributed by atoms with E-state index in [-0.39, 0.29) is 0 Å². The van der Waals surface area contributed by atoms with Crippen molar-refractivity contribution >= 4 is 11.6 Å². The number of rotatable bonds is 1. The summed E-state index contributed by atoms with van der Waals surface area (Å²) in [6, 6.07) is 0. The van der Waals surface area contributed by atoms with Gasteiger partial charge in [0.25, 0.3) is 0 Å². The first-order valence-corrected chi connectivity index (χ1v) is 4.60. The summed E-state index contributed by atoms with van der Waals surface area (Å²) in [5, 5.41) is 8.69. The Kier molecular flexibility index (Phi) is 2.64. The lowest BCUT2D eigenvalue weighted by Crippen LogP contribution is -2.28. The second-order valence-electron chi connectivity index (χ2n) is 3.73. The molecule has 0 fully saturated rings. The molecule has 0 heterocycles. The van der Waals surface area contributed by atoms with Crippen LogP contribution in [0.1, 0.15) is 27.2 Å². The molecule has 1 rings (SSSR count). The van der Waals surface area contributed by atoms with Gasteiger partial charge >= 0.3 is 0 Å². The van der Waals surface area contributed by atoms with E-state index in [0.717, 1.165) is 11.1 Å². The fraction of sp³-hybridized carbons (Fsp3) is 0.600. The molecule has 0 aromatic carbocycles. The molecule has 1 aliphatic rings. The third-order valence-corrected chi connectivity index (χ3v) is 2.48. The zero-order chi connectivity index (χ0) is 9.35. The molecule has 0 spiro atoms. The van der Waals surface area contributed by atoms with Crippen molar-refractivity contribution < 1.29 is 5.11 Å². The van der Waals surface area contributed by atoms with Crippen LogP contribution in [0.5, 0.6) is 0 Å². The van der Waals surface area contributed by atoms with Crippen molar-refractivity contribution in [2.45, 2.75) is 32.3 Å². The highest BCUT2D eigenvalue weighted by Crippen LogP contribution is 2.36. The number of alkyl halides is 1. The Balaban J connectivity index is 2.96. The summed E-state index contributed by atoms with van der Waals surface area (Å²) in [6.07, 6.45) is 4.49. The Morgan fingerprint density at radius 1 is 1.50 bits per heavy atom. The van der Waals surface area contributed by atoms with Crippen LogP contribution in [0.2, 0.25) is 0 Å². The van der Waals surface area contributed by atoms with Crippen molar-refractivity contribution in [2.75, 3.05) is 0 Å². The van der Waals surface area contributed by atoms with E-state index in [1.54, 1.807) is 0 Å². The van der Waals surface area contributed by atoms with Gasteiger partial charge < -0.3 is 5.11 Å². The predicted octanol–water partition coefficient (Wildman–Crippen LogP) is 2.85. The monoisotopic (exact) mass is 186 g/mol. The second kappa shape index (κ2) is 3.23. The lowest BCUT2D eigenvalue weighted by molar-refractivity contribution is 0.154. The standard InChI is InChI=1S/C10H15ClO/c1-7(2)9-5-4-8(3)6-10(9,11)12/h4-5,7,12H,6H2,1-3H3. The summed E-state index contributed by atoms with van der Waals surface area (Å²) in [5.41, 5.74) is 2.03. The summed E-state index contributed by atoms with van der Waals surface area (Å²) in [7, 11) is 0. The summed E-state index contributed by atoms with van der Waals surface area (Å²) in [6.45, 7) is 6.04. The van der Waals surface area contributed by atoms with Crippen molar-refractivity contribution in [1.29, 1.82) is 0 Å². The molecule has 0 saturated heterocycles. The van der Waals surface area contributed by atoms with E-state index >= 15 is 0 Å². The maximum absolute atomic E-state index is 9.83. The van der Waals surface area contributed by atoms with Crippen molar-refractivity contribution in [2.24, 2.45) is 5.92 Å². The first kappa shape index (κ1) is 9.82. The molecule has 68 valence electrons. The summed E-state index contributed by atoms with van der Waals surface area (Å²) >= 11 is 5.97. The van der Waals surface area contributed by atoms with Gasteiger partial charge in [-0.15, -0.1) is 0 Å². The van der Waals surface area contributed by atoms with Crippen LogP contribution in [0, 0.1) is 5.92 Å². The van der Waals surface area contributed by atoms with E-state index in [1.807, 2.05) is 32.9 Å². The lowest BCUT2D eigenvalue weighted by Gasteiger charge is -2.29. The first-order chi connectivity index (χ1) is 5.43. The van der Waals surface area contributed by atoms with Gasteiger partial charge in [-0.1, -0.05) is 43.2 Å². The summed E-state index contributed by atoms with van der Waals surface area (Å²) in [4.78, 5) is 0. The summed E-state index contributed by atoms with van der Waals surface area (Å²) < 4.78 is 0. The van der Waals surface area contributed by atoms with E-state index in [4.69, 9.17) is 11.6 Å². The van der Waals surface area contributed by atoms with Crippen LogP contribution in [-0.2, 0) is 0 Å². The van der Waals surface area contributed by atoms with Crippen LogP contribution in [0.25, 0.3) is 0 Å². The highest BCUT2D eigenvalue weighted by molar-refractivity contribution is 6.24. The molecule has 2 heteroatoms. The van der Waals surface area contributed by atoms with Crippen molar-refractivity contribution in [3.63, 3.8) is 0 Å². The largest absolute Gasteiger partial charge is 0.371 e. The van der Waals surface area contributed by atoms with E-state index in [2.05, 4.69) is 0 Å². The van der Waals surface area contributed by atoms with Gasteiger partial charge in [0.2, 0.25) is 0 Å². The average Bonchev–Trinajstić information content (AvgIpc) is 1.82. The Morgan fingerprint density at radius 2 is 2.08 bits per heavy atom. The number of aliphatic hydroxyl groups is 1. The molecular formula is C10H15ClO. The van der Waals surface area contributed by atoms with E-state index in [0.29, 0.717) is 12.3 Å². The highest BCUT2D eigenvalue weighted by Gasteiger charge is 2.32. The minimum absolute atomic E-state index is 0.303. The first-order valence-electron chi connectivity index (χ1n) is 4.22. The SMILES string of the molecule is CC1=CC=C(C(C)C)C(O)(Cl)C1. The highest BCUT2D eigenvalue weighted by atomic mass is 35.5. The van der Waals surface area contributed by atoms with Crippen LogP contribution < -0.4 is 0 Å². The fourth-order valence-electron chi connectivity index (χ4n) is 1.53. The third kappa shape index (κ3) is 1.90. The molecule has 0 saturated carbocycles. The van der Waals surface area contributed by atoms with Gasteiger partial charge in [-0.25, -0.2) is 0 Å². The van der Waals surface area contributed by atoms with Gasteiger partial charge in [0.1, 0.15) is 0 Å². The molecule has 0 bridgehead atoms. The second-order valence-corrected chi connectivity index (χ2v) is 4.35. The number of hydrogen-bond acceptors (Lipinski definition) is 1. The molecule has 0 aliphatic heterocycles.